The van der Waals surface area contributed by atoms with Gasteiger partial charge in [-0.3, -0.25) is 0 Å². The van der Waals surface area contributed by atoms with E-state index in [1.54, 1.807) is 0 Å². The van der Waals surface area contributed by atoms with Crippen LogP contribution in [0.25, 0.3) is 0 Å². The Labute approximate surface area is 73.2 Å². The third kappa shape index (κ3) is 2.00. The van der Waals surface area contributed by atoms with Gasteiger partial charge in [0, 0.05) is 6.07 Å². The molecule has 0 aliphatic rings. The van der Waals surface area contributed by atoms with E-state index < -0.39 is 26.8 Å². The van der Waals surface area contributed by atoms with Crippen molar-refractivity contribution in [3.8, 4) is 0 Å². The Hall–Kier alpha value is -1.04. The van der Waals surface area contributed by atoms with Gasteiger partial charge in [0.1, 0.15) is 16.5 Å². The summed E-state index contributed by atoms with van der Waals surface area (Å²) in [6, 6.07) is 1.06. The van der Waals surface area contributed by atoms with Crippen molar-refractivity contribution in [2.75, 3.05) is 0 Å². The smallest absolute Gasteiger partial charge is 0.207 e. The highest BCUT2D eigenvalue weighted by molar-refractivity contribution is 7.86. The minimum absolute atomic E-state index is 0.292. The number of benzene rings is 1. The summed E-state index contributed by atoms with van der Waals surface area (Å²) in [6.07, 6.45) is 0. The van der Waals surface area contributed by atoms with Gasteiger partial charge >= 0.3 is 10.2 Å². The number of hydrogen-bond donors (Lipinski definition) is 0. The Morgan fingerprint density at radius 3 is 2.15 bits per heavy atom. The van der Waals surface area contributed by atoms with Gasteiger partial charge in [0.25, 0.3) is 0 Å². The third-order valence-corrected chi connectivity index (χ3v) is 2.44. The van der Waals surface area contributed by atoms with Crippen molar-refractivity contribution in [3.05, 3.63) is 29.3 Å². The summed E-state index contributed by atoms with van der Waals surface area (Å²) in [5, 5.41) is 0. The van der Waals surface area contributed by atoms with E-state index in [1.807, 2.05) is 0 Å². The van der Waals surface area contributed by atoms with Crippen LogP contribution in [-0.4, -0.2) is 8.42 Å². The maximum absolute atomic E-state index is 12.7. The molecule has 0 aliphatic carbocycles. The van der Waals surface area contributed by atoms with E-state index in [1.165, 1.54) is 0 Å². The topological polar surface area (TPSA) is 34.1 Å². The van der Waals surface area contributed by atoms with Crippen LogP contribution in [0.2, 0.25) is 0 Å². The quantitative estimate of drug-likeness (QED) is 0.664. The lowest BCUT2D eigenvalue weighted by molar-refractivity contribution is 0.523. The largest absolute Gasteiger partial charge is 0.335 e. The van der Waals surface area contributed by atoms with E-state index in [2.05, 4.69) is 0 Å². The lowest BCUT2D eigenvalue weighted by Gasteiger charge is -2.01. The van der Waals surface area contributed by atoms with Crippen LogP contribution in [-0.2, 0) is 10.2 Å². The fourth-order valence-electron chi connectivity index (χ4n) is 0.998. The second kappa shape index (κ2) is 3.02. The molecular weight excluding hydrogens is 205 g/mol. The average molecular weight is 210 g/mol. The van der Waals surface area contributed by atoms with Gasteiger partial charge in [-0.25, -0.2) is 8.78 Å². The molecular formula is C7H5F3O2S. The molecule has 0 fully saturated rings. The normalized spacial score (nSPS) is 11.7. The molecule has 0 heterocycles. The number of hydrogen-bond acceptors (Lipinski definition) is 2. The molecule has 0 N–H and O–H groups in total. The molecule has 13 heavy (non-hydrogen) atoms. The average Bonchev–Trinajstić information content (AvgIpc) is 1.78. The summed E-state index contributed by atoms with van der Waals surface area (Å²) in [5.74, 6) is -2.36. The minimum atomic E-state index is -5.12. The van der Waals surface area contributed by atoms with Crippen molar-refractivity contribution in [1.29, 1.82) is 0 Å². The van der Waals surface area contributed by atoms with Gasteiger partial charge in [-0.05, 0) is 18.6 Å². The monoisotopic (exact) mass is 210 g/mol. The molecule has 1 rings (SSSR count). The molecule has 0 bridgehead atoms. The SMILES string of the molecule is Cc1cc(F)cc(F)c1S(=O)(=O)F. The molecule has 0 spiro atoms. The highest BCUT2D eigenvalue weighted by Gasteiger charge is 2.21. The predicted octanol–water partition coefficient (Wildman–Crippen LogP) is 1.93. The summed E-state index contributed by atoms with van der Waals surface area (Å²) >= 11 is 0. The third-order valence-electron chi connectivity index (χ3n) is 1.44. The van der Waals surface area contributed by atoms with Crippen LogP contribution < -0.4 is 0 Å². The molecule has 2 nitrogen and oxygen atoms in total. The highest BCUT2D eigenvalue weighted by Crippen LogP contribution is 2.22. The summed E-state index contributed by atoms with van der Waals surface area (Å²) < 4.78 is 58.3. The van der Waals surface area contributed by atoms with E-state index in [-0.39, 0.29) is 5.56 Å². The first-order chi connectivity index (χ1) is 5.82. The van der Waals surface area contributed by atoms with Crippen molar-refractivity contribution < 1.29 is 21.1 Å². The molecule has 0 atom stereocenters. The number of aryl methyl sites for hydroxylation is 1. The van der Waals surface area contributed by atoms with Crippen LogP contribution in [0.1, 0.15) is 5.56 Å². The van der Waals surface area contributed by atoms with E-state index in [0.717, 1.165) is 13.0 Å². The standard InChI is InChI=1S/C7H5F3O2S/c1-4-2-5(8)3-6(9)7(4)13(10,11)12/h2-3H,1H3. The Bertz CT molecular complexity index is 416. The zero-order chi connectivity index (χ0) is 10.2. The summed E-state index contributed by atoms with van der Waals surface area (Å²) in [5.41, 5.74) is -0.292. The Kier molecular flexibility index (Phi) is 2.34. The van der Waals surface area contributed by atoms with E-state index in [9.17, 15) is 21.1 Å². The lowest BCUT2D eigenvalue weighted by Crippen LogP contribution is -2.00. The number of rotatable bonds is 1. The Balaban J connectivity index is 3.57. The second-order valence-electron chi connectivity index (χ2n) is 2.47. The van der Waals surface area contributed by atoms with Crippen LogP contribution in [0.15, 0.2) is 17.0 Å². The fraction of sp³-hybridized carbons (Fsp3) is 0.143. The van der Waals surface area contributed by atoms with Gasteiger partial charge in [0.05, 0.1) is 0 Å². The molecule has 0 aromatic heterocycles. The van der Waals surface area contributed by atoms with Gasteiger partial charge in [-0.2, -0.15) is 8.42 Å². The molecule has 6 heteroatoms. The van der Waals surface area contributed by atoms with Crippen LogP contribution in [0, 0.1) is 18.6 Å². The minimum Gasteiger partial charge on any atom is -0.207 e. The van der Waals surface area contributed by atoms with Gasteiger partial charge in [0.15, 0.2) is 0 Å². The van der Waals surface area contributed by atoms with E-state index in [0.29, 0.717) is 6.07 Å². The summed E-state index contributed by atoms with van der Waals surface area (Å²) in [7, 11) is -5.12. The molecule has 0 radical (unpaired) electrons. The Morgan fingerprint density at radius 1 is 1.23 bits per heavy atom. The molecule has 1 aromatic carbocycles. The van der Waals surface area contributed by atoms with Gasteiger partial charge in [-0.1, -0.05) is 0 Å². The van der Waals surface area contributed by atoms with Gasteiger partial charge in [-0.15, -0.1) is 3.89 Å². The van der Waals surface area contributed by atoms with Crippen LogP contribution >= 0.6 is 0 Å². The maximum Gasteiger partial charge on any atom is 0.335 e. The summed E-state index contributed by atoms with van der Waals surface area (Å²) in [4.78, 5) is -1.10. The maximum atomic E-state index is 12.7. The molecule has 72 valence electrons. The zero-order valence-electron chi connectivity index (χ0n) is 6.51. The second-order valence-corrected chi connectivity index (χ2v) is 3.76. The van der Waals surface area contributed by atoms with E-state index >= 15 is 0 Å². The van der Waals surface area contributed by atoms with Crippen LogP contribution in [0.3, 0.4) is 0 Å². The van der Waals surface area contributed by atoms with Gasteiger partial charge < -0.3 is 0 Å². The van der Waals surface area contributed by atoms with Crippen molar-refractivity contribution in [1.82, 2.24) is 0 Å². The number of halogens is 3. The molecule has 1 aromatic rings. The van der Waals surface area contributed by atoms with E-state index in [4.69, 9.17) is 0 Å². The molecule has 0 saturated carbocycles. The molecule has 0 unspecified atom stereocenters. The van der Waals surface area contributed by atoms with Crippen molar-refractivity contribution in [2.24, 2.45) is 0 Å². The molecule has 0 saturated heterocycles. The first kappa shape index (κ1) is 10.0. The predicted molar refractivity (Wildman–Crippen MR) is 39.4 cm³/mol. The Morgan fingerprint density at radius 2 is 1.77 bits per heavy atom. The first-order valence-electron chi connectivity index (χ1n) is 3.22. The lowest BCUT2D eigenvalue weighted by atomic mass is 10.2. The van der Waals surface area contributed by atoms with Crippen molar-refractivity contribution >= 4 is 10.2 Å². The fourth-order valence-corrected chi connectivity index (χ4v) is 1.73. The van der Waals surface area contributed by atoms with Crippen LogP contribution in [0.4, 0.5) is 12.7 Å². The van der Waals surface area contributed by atoms with Crippen molar-refractivity contribution in [2.45, 2.75) is 11.8 Å². The van der Waals surface area contributed by atoms with Crippen molar-refractivity contribution in [3.63, 3.8) is 0 Å². The van der Waals surface area contributed by atoms with Crippen LogP contribution in [0.5, 0.6) is 0 Å². The highest BCUT2D eigenvalue weighted by atomic mass is 32.3. The molecule has 0 aliphatic heterocycles. The van der Waals surface area contributed by atoms with Gasteiger partial charge in [0.2, 0.25) is 0 Å². The summed E-state index contributed by atoms with van der Waals surface area (Å²) in [6.45, 7) is 1.11. The molecule has 0 amide bonds. The zero-order valence-corrected chi connectivity index (χ0v) is 7.33. The first-order valence-corrected chi connectivity index (χ1v) is 4.61.